The van der Waals surface area contributed by atoms with Gasteiger partial charge < -0.3 is 15.4 Å². The summed E-state index contributed by atoms with van der Waals surface area (Å²) in [4.78, 5) is 3.95. The van der Waals surface area contributed by atoms with Gasteiger partial charge in [-0.25, -0.2) is 8.78 Å². The monoisotopic (exact) mass is 269 g/mol. The van der Waals surface area contributed by atoms with Gasteiger partial charge in [-0.05, 0) is 18.6 Å². The van der Waals surface area contributed by atoms with Crippen LogP contribution in [0.25, 0.3) is 11.4 Å². The van der Waals surface area contributed by atoms with Crippen molar-refractivity contribution in [3.63, 3.8) is 0 Å². The van der Waals surface area contributed by atoms with E-state index >= 15 is 0 Å². The molecule has 102 valence electrons. The summed E-state index contributed by atoms with van der Waals surface area (Å²) in [6.07, 6.45) is -5.03. The first-order valence-corrected chi connectivity index (χ1v) is 5.62. The molecule has 7 heteroatoms. The lowest BCUT2D eigenvalue weighted by Gasteiger charge is -2.04. The lowest BCUT2D eigenvalue weighted by molar-refractivity contribution is -0.00754. The Morgan fingerprint density at radius 3 is 2.79 bits per heavy atom. The van der Waals surface area contributed by atoms with Crippen molar-refractivity contribution in [1.29, 1.82) is 0 Å². The van der Waals surface area contributed by atoms with Crippen LogP contribution in [0.1, 0.15) is 11.5 Å². The molecule has 0 unspecified atom stereocenters. The molecule has 0 aliphatic carbocycles. The van der Waals surface area contributed by atoms with Gasteiger partial charge in [-0.3, -0.25) is 0 Å². The molecular weight excluding hydrogens is 256 g/mol. The van der Waals surface area contributed by atoms with Crippen molar-refractivity contribution < 1.29 is 18.4 Å². The summed E-state index contributed by atoms with van der Waals surface area (Å²) in [7, 11) is 0. The molecule has 2 rings (SSSR count). The fourth-order valence-corrected chi connectivity index (χ4v) is 1.50. The Morgan fingerprint density at radius 1 is 1.42 bits per heavy atom. The smallest absolute Gasteiger partial charge is 0.264 e. The first-order chi connectivity index (χ1) is 8.97. The molecule has 0 amide bonds. The first-order valence-electron chi connectivity index (χ1n) is 5.62. The number of aromatic nitrogens is 2. The highest BCUT2D eigenvalue weighted by Crippen LogP contribution is 2.21. The summed E-state index contributed by atoms with van der Waals surface area (Å²) in [5, 5.41) is 12.7. The molecular formula is C12H13F2N3O2. The number of benzene rings is 1. The van der Waals surface area contributed by atoms with Crippen molar-refractivity contribution in [2.45, 2.75) is 25.9 Å². The molecule has 0 radical (unpaired) electrons. The van der Waals surface area contributed by atoms with E-state index in [0.717, 1.165) is 5.56 Å². The number of alkyl halides is 2. The standard InChI is InChI=1S/C12H13F2N3O2/c1-6-2-3-7(4-8(6)15)12-16-10(19-17-12)5-9(18)11(13)14/h2-4,9,11,18H,5,15H2,1H3/t9-/m0/s1. The number of nitrogens with zero attached hydrogens (tertiary/aromatic N) is 2. The van der Waals surface area contributed by atoms with E-state index in [2.05, 4.69) is 10.1 Å². The van der Waals surface area contributed by atoms with E-state index in [9.17, 15) is 8.78 Å². The van der Waals surface area contributed by atoms with Crippen molar-refractivity contribution in [2.24, 2.45) is 0 Å². The molecule has 0 saturated heterocycles. The minimum Gasteiger partial charge on any atom is -0.398 e. The Morgan fingerprint density at radius 2 is 2.16 bits per heavy atom. The summed E-state index contributed by atoms with van der Waals surface area (Å²) in [5.74, 6) is 0.213. The van der Waals surface area contributed by atoms with Crippen LogP contribution in [0.5, 0.6) is 0 Å². The van der Waals surface area contributed by atoms with Crippen molar-refractivity contribution in [2.75, 3.05) is 5.73 Å². The highest BCUT2D eigenvalue weighted by Gasteiger charge is 2.21. The molecule has 0 fully saturated rings. The van der Waals surface area contributed by atoms with Crippen LogP contribution in [0.2, 0.25) is 0 Å². The average Bonchev–Trinajstić information content (AvgIpc) is 2.81. The van der Waals surface area contributed by atoms with Crippen LogP contribution in [0, 0.1) is 6.92 Å². The van der Waals surface area contributed by atoms with Crippen LogP contribution in [0.4, 0.5) is 14.5 Å². The number of hydrogen-bond acceptors (Lipinski definition) is 5. The van der Waals surface area contributed by atoms with Crippen LogP contribution in [-0.2, 0) is 6.42 Å². The van der Waals surface area contributed by atoms with E-state index in [1.165, 1.54) is 0 Å². The number of halogens is 2. The van der Waals surface area contributed by atoms with Gasteiger partial charge in [0, 0.05) is 11.3 Å². The Hall–Kier alpha value is -2.02. The van der Waals surface area contributed by atoms with E-state index in [0.29, 0.717) is 11.3 Å². The van der Waals surface area contributed by atoms with Gasteiger partial charge in [-0.2, -0.15) is 4.98 Å². The molecule has 1 atom stereocenters. The maximum Gasteiger partial charge on any atom is 0.264 e. The Labute approximate surface area is 108 Å². The predicted octanol–water partition coefficient (Wildman–Crippen LogP) is 1.80. The number of aliphatic hydroxyl groups excluding tert-OH is 1. The molecule has 3 N–H and O–H groups in total. The molecule has 2 aromatic rings. The summed E-state index contributed by atoms with van der Waals surface area (Å²) in [6, 6.07) is 5.23. The molecule has 19 heavy (non-hydrogen) atoms. The second-order valence-corrected chi connectivity index (χ2v) is 4.19. The van der Waals surface area contributed by atoms with E-state index in [1.54, 1.807) is 18.2 Å². The first kappa shape index (κ1) is 13.4. The van der Waals surface area contributed by atoms with Crippen molar-refractivity contribution in [1.82, 2.24) is 10.1 Å². The fraction of sp³-hybridized carbons (Fsp3) is 0.333. The number of hydrogen-bond donors (Lipinski definition) is 2. The number of nitrogens with two attached hydrogens (primary N) is 1. The molecule has 1 heterocycles. The van der Waals surface area contributed by atoms with Crippen LogP contribution >= 0.6 is 0 Å². The van der Waals surface area contributed by atoms with E-state index in [-0.39, 0.29) is 18.1 Å². The number of nitrogen functional groups attached to an aromatic ring is 1. The van der Waals surface area contributed by atoms with Gasteiger partial charge >= 0.3 is 0 Å². The fourth-order valence-electron chi connectivity index (χ4n) is 1.50. The third kappa shape index (κ3) is 3.05. The second kappa shape index (κ2) is 5.31. The quantitative estimate of drug-likeness (QED) is 0.826. The molecule has 0 saturated carbocycles. The van der Waals surface area contributed by atoms with Gasteiger partial charge in [-0.15, -0.1) is 0 Å². The van der Waals surface area contributed by atoms with Gasteiger partial charge in [0.25, 0.3) is 6.43 Å². The van der Waals surface area contributed by atoms with Crippen LogP contribution in [0.15, 0.2) is 22.7 Å². The van der Waals surface area contributed by atoms with E-state index in [4.69, 9.17) is 15.4 Å². The van der Waals surface area contributed by atoms with E-state index < -0.39 is 12.5 Å². The molecule has 0 bridgehead atoms. The number of anilines is 1. The summed E-state index contributed by atoms with van der Waals surface area (Å²) in [6.45, 7) is 1.86. The topological polar surface area (TPSA) is 85.2 Å². The highest BCUT2D eigenvalue weighted by atomic mass is 19.3. The van der Waals surface area contributed by atoms with Gasteiger partial charge in [0.2, 0.25) is 11.7 Å². The number of aryl methyl sites for hydroxylation is 1. The summed E-state index contributed by atoms with van der Waals surface area (Å²) in [5.41, 5.74) is 7.89. The van der Waals surface area contributed by atoms with Crippen LogP contribution in [-0.4, -0.2) is 27.8 Å². The molecule has 5 nitrogen and oxygen atoms in total. The second-order valence-electron chi connectivity index (χ2n) is 4.19. The zero-order chi connectivity index (χ0) is 14.0. The minimum atomic E-state index is -2.84. The number of rotatable bonds is 4. The third-order valence-electron chi connectivity index (χ3n) is 2.68. The summed E-state index contributed by atoms with van der Waals surface area (Å²) < 4.78 is 29.2. The van der Waals surface area contributed by atoms with Gasteiger partial charge in [0.15, 0.2) is 0 Å². The van der Waals surface area contributed by atoms with Crippen LogP contribution < -0.4 is 5.73 Å². The lowest BCUT2D eigenvalue weighted by atomic mass is 10.1. The van der Waals surface area contributed by atoms with Crippen LogP contribution in [0.3, 0.4) is 0 Å². The van der Waals surface area contributed by atoms with Gasteiger partial charge in [0.05, 0.1) is 6.42 Å². The third-order valence-corrected chi connectivity index (χ3v) is 2.68. The Kier molecular flexibility index (Phi) is 3.75. The molecule has 1 aromatic carbocycles. The number of aliphatic hydroxyl groups is 1. The lowest BCUT2D eigenvalue weighted by Crippen LogP contribution is -2.20. The van der Waals surface area contributed by atoms with Gasteiger partial charge in [-0.1, -0.05) is 17.3 Å². The average molecular weight is 269 g/mol. The molecule has 0 spiro atoms. The minimum absolute atomic E-state index is 0.0399. The highest BCUT2D eigenvalue weighted by molar-refractivity contribution is 5.63. The van der Waals surface area contributed by atoms with Crippen molar-refractivity contribution >= 4 is 5.69 Å². The van der Waals surface area contributed by atoms with Gasteiger partial charge in [0.1, 0.15) is 6.10 Å². The maximum atomic E-state index is 12.2. The normalized spacial score (nSPS) is 12.9. The largest absolute Gasteiger partial charge is 0.398 e. The molecule has 0 aliphatic heterocycles. The summed E-state index contributed by atoms with van der Waals surface area (Å²) >= 11 is 0. The maximum absolute atomic E-state index is 12.2. The Bertz CT molecular complexity index is 572. The zero-order valence-electron chi connectivity index (χ0n) is 10.2. The van der Waals surface area contributed by atoms with Crippen molar-refractivity contribution in [3.8, 4) is 11.4 Å². The van der Waals surface area contributed by atoms with Crippen molar-refractivity contribution in [3.05, 3.63) is 29.7 Å². The van der Waals surface area contributed by atoms with E-state index in [1.807, 2.05) is 6.92 Å². The predicted molar refractivity (Wildman–Crippen MR) is 64.6 cm³/mol. The zero-order valence-corrected chi connectivity index (χ0v) is 10.2. The molecule has 0 aliphatic rings. The molecule has 1 aromatic heterocycles. The Balaban J connectivity index is 2.18. The SMILES string of the molecule is Cc1ccc(-c2noc(C[C@H](O)C(F)F)n2)cc1N.